The van der Waals surface area contributed by atoms with Crippen LogP contribution < -0.4 is 10.6 Å². The Morgan fingerprint density at radius 2 is 1.54 bits per heavy atom. The van der Waals surface area contributed by atoms with Gasteiger partial charge in [0.15, 0.2) is 0 Å². The summed E-state index contributed by atoms with van der Waals surface area (Å²) in [5, 5.41) is 6.00. The lowest BCUT2D eigenvalue weighted by atomic mass is 10.00. The number of para-hydroxylation sites is 2. The maximum absolute atomic E-state index is 11.3. The molecule has 8 heteroatoms. The fraction of sp³-hybridized carbons (Fsp3) is 0.0625. The van der Waals surface area contributed by atoms with Crippen LogP contribution in [0.25, 0.3) is 0 Å². The van der Waals surface area contributed by atoms with E-state index in [1.165, 1.54) is 0 Å². The van der Waals surface area contributed by atoms with Crippen molar-refractivity contribution in [2.75, 3.05) is 10.6 Å². The Labute approximate surface area is 138 Å². The van der Waals surface area contributed by atoms with E-state index in [2.05, 4.69) is 15.6 Å². The van der Waals surface area contributed by atoms with E-state index in [9.17, 15) is 13.0 Å². The molecule has 122 valence electrons. The van der Waals surface area contributed by atoms with E-state index in [0.717, 1.165) is 23.1 Å². The third-order valence-corrected chi connectivity index (χ3v) is 4.53. The third-order valence-electron chi connectivity index (χ3n) is 3.84. The van der Waals surface area contributed by atoms with Crippen LogP contribution in [0.3, 0.4) is 0 Å². The molecule has 1 aromatic heterocycles. The van der Waals surface area contributed by atoms with Gasteiger partial charge in [0.05, 0.1) is 17.6 Å². The molecule has 0 atom stereocenters. The van der Waals surface area contributed by atoms with Gasteiger partial charge in [-0.1, -0.05) is 42.5 Å². The average molecular weight is 343 g/mol. The lowest BCUT2D eigenvalue weighted by Crippen LogP contribution is -2.40. The molecule has 4 rings (SSSR count). The van der Waals surface area contributed by atoms with E-state index < -0.39 is 20.9 Å². The van der Waals surface area contributed by atoms with Gasteiger partial charge < -0.3 is 15.1 Å². The molecule has 24 heavy (non-hydrogen) atoms. The summed E-state index contributed by atoms with van der Waals surface area (Å²) in [6.07, 6.45) is 0.988. The van der Waals surface area contributed by atoms with Crippen molar-refractivity contribution in [1.29, 1.82) is 0 Å². The molecule has 0 radical (unpaired) electrons. The smallest absolute Gasteiger partial charge is 0.329 e. The first kappa shape index (κ1) is 14.7. The highest BCUT2D eigenvalue weighted by molar-refractivity contribution is 7.85. The molecule has 2 aromatic carbocycles. The fourth-order valence-corrected chi connectivity index (χ4v) is 3.12. The van der Waals surface area contributed by atoms with Gasteiger partial charge in [0.25, 0.3) is 5.09 Å². The number of anilines is 2. The zero-order valence-corrected chi connectivity index (χ0v) is 13.1. The van der Waals surface area contributed by atoms with Gasteiger partial charge >= 0.3 is 10.1 Å². The molecule has 0 amide bonds. The topological polar surface area (TPSA) is 104 Å². The van der Waals surface area contributed by atoms with Crippen LogP contribution in [-0.2, 0) is 15.8 Å². The average Bonchev–Trinajstić information content (AvgIpc) is 3.21. The minimum Gasteiger partial charge on any atom is -0.422 e. The molecule has 7 nitrogen and oxygen atoms in total. The van der Waals surface area contributed by atoms with Gasteiger partial charge in [-0.3, -0.25) is 4.55 Å². The van der Waals surface area contributed by atoms with Crippen molar-refractivity contribution in [3.8, 4) is 0 Å². The molecule has 0 bridgehead atoms. The first-order chi connectivity index (χ1) is 11.5. The molecule has 2 heterocycles. The monoisotopic (exact) mass is 343 g/mol. The Morgan fingerprint density at radius 1 is 0.958 bits per heavy atom. The predicted molar refractivity (Wildman–Crippen MR) is 87.2 cm³/mol. The van der Waals surface area contributed by atoms with E-state index in [4.69, 9.17) is 4.42 Å². The van der Waals surface area contributed by atoms with Crippen molar-refractivity contribution < 1.29 is 17.4 Å². The van der Waals surface area contributed by atoms with Crippen molar-refractivity contribution in [3.05, 3.63) is 72.2 Å². The summed E-state index contributed by atoms with van der Waals surface area (Å²) in [6, 6.07) is 16.9. The zero-order chi connectivity index (χ0) is 16.8. The number of nitrogens with zero attached hydrogens (tertiary/aromatic N) is 1. The molecule has 1 aliphatic rings. The summed E-state index contributed by atoms with van der Waals surface area (Å²) in [6.45, 7) is 0. The highest BCUT2D eigenvalue weighted by atomic mass is 32.2. The highest BCUT2D eigenvalue weighted by Gasteiger charge is 2.44. The summed E-state index contributed by atoms with van der Waals surface area (Å²) in [4.78, 5) is 4.07. The number of hydrogen-bond acceptors (Lipinski definition) is 6. The highest BCUT2D eigenvalue weighted by Crippen LogP contribution is 2.43. The van der Waals surface area contributed by atoms with Crippen LogP contribution in [0.15, 0.2) is 70.3 Å². The van der Waals surface area contributed by atoms with Crippen molar-refractivity contribution in [1.82, 2.24) is 4.98 Å². The molecule has 0 saturated carbocycles. The van der Waals surface area contributed by atoms with Gasteiger partial charge in [-0.05, 0) is 12.1 Å². The van der Waals surface area contributed by atoms with Gasteiger partial charge in [0, 0.05) is 5.56 Å². The minimum atomic E-state index is -4.47. The number of aromatic nitrogens is 1. The quantitative estimate of drug-likeness (QED) is 0.628. The number of hydrogen-bond donors (Lipinski definition) is 3. The van der Waals surface area contributed by atoms with Crippen LogP contribution in [-0.4, -0.2) is 18.0 Å². The lowest BCUT2D eigenvalue weighted by molar-refractivity contribution is 0.353. The molecule has 1 aliphatic heterocycles. The number of rotatable bonds is 3. The minimum absolute atomic E-state index is 0.0810. The number of oxazole rings is 1. The standard InChI is InChI=1S/C16H13N3O4S/c20-24(21,22)14-10-17-15(23-14)16(11-6-2-1-3-7-11)18-12-8-4-5-9-13(12)19-16/h1-10,18-19H,(H,20,21,22). The number of fused-ring (bicyclic) bond motifs is 1. The number of nitrogens with one attached hydrogen (secondary N) is 2. The molecule has 0 unspecified atom stereocenters. The first-order valence-electron chi connectivity index (χ1n) is 7.14. The van der Waals surface area contributed by atoms with Crippen LogP contribution >= 0.6 is 0 Å². The second kappa shape index (κ2) is 5.08. The van der Waals surface area contributed by atoms with E-state index >= 15 is 0 Å². The lowest BCUT2D eigenvalue weighted by Gasteiger charge is -2.28. The van der Waals surface area contributed by atoms with Gasteiger partial charge in [0.1, 0.15) is 0 Å². The van der Waals surface area contributed by atoms with Gasteiger partial charge in [-0.25, -0.2) is 4.98 Å². The normalized spacial score (nSPS) is 15.4. The first-order valence-corrected chi connectivity index (χ1v) is 8.58. The van der Waals surface area contributed by atoms with Crippen LogP contribution in [0, 0.1) is 0 Å². The van der Waals surface area contributed by atoms with E-state index in [-0.39, 0.29) is 5.89 Å². The Balaban J connectivity index is 1.89. The van der Waals surface area contributed by atoms with Crippen molar-refractivity contribution in [2.24, 2.45) is 0 Å². The Hall–Kier alpha value is -2.84. The van der Waals surface area contributed by atoms with E-state index in [1.807, 2.05) is 54.6 Å². The maximum Gasteiger partial charge on any atom is 0.329 e. The van der Waals surface area contributed by atoms with Crippen molar-refractivity contribution in [3.63, 3.8) is 0 Å². The van der Waals surface area contributed by atoms with Gasteiger partial charge in [-0.2, -0.15) is 8.42 Å². The van der Waals surface area contributed by atoms with Gasteiger partial charge in [0.2, 0.25) is 11.6 Å². The van der Waals surface area contributed by atoms with Crippen LogP contribution in [0.5, 0.6) is 0 Å². The van der Waals surface area contributed by atoms with Gasteiger partial charge in [-0.15, -0.1) is 0 Å². The molecule has 3 N–H and O–H groups in total. The van der Waals surface area contributed by atoms with Crippen LogP contribution in [0.1, 0.15) is 11.5 Å². The summed E-state index contributed by atoms with van der Waals surface area (Å²) in [7, 11) is -4.47. The Kier molecular flexibility index (Phi) is 3.12. The Morgan fingerprint density at radius 3 is 2.08 bits per heavy atom. The molecule has 0 saturated heterocycles. The SMILES string of the molecule is O=S(=O)(O)c1cnc(C2(c3ccccc3)Nc3ccccc3N2)o1. The zero-order valence-electron chi connectivity index (χ0n) is 12.3. The third kappa shape index (κ3) is 2.24. The molecule has 0 spiro atoms. The van der Waals surface area contributed by atoms with Crippen LogP contribution in [0.4, 0.5) is 11.4 Å². The van der Waals surface area contributed by atoms with Crippen LogP contribution in [0.2, 0.25) is 0 Å². The largest absolute Gasteiger partial charge is 0.422 e. The summed E-state index contributed by atoms with van der Waals surface area (Å²) >= 11 is 0. The molecular formula is C16H13N3O4S. The van der Waals surface area contributed by atoms with Crippen molar-refractivity contribution in [2.45, 2.75) is 10.8 Å². The fourth-order valence-electron chi connectivity index (χ4n) is 2.75. The second-order valence-electron chi connectivity index (χ2n) is 5.37. The van der Waals surface area contributed by atoms with E-state index in [0.29, 0.717) is 0 Å². The maximum atomic E-state index is 11.3. The Bertz CT molecular complexity index is 974. The predicted octanol–water partition coefficient (Wildman–Crippen LogP) is 2.66. The molecular weight excluding hydrogens is 330 g/mol. The summed E-state index contributed by atoms with van der Waals surface area (Å²) in [5.74, 6) is 0.0810. The summed E-state index contributed by atoms with van der Waals surface area (Å²) < 4.78 is 37.1. The van der Waals surface area contributed by atoms with E-state index in [1.54, 1.807) is 0 Å². The van der Waals surface area contributed by atoms with Crippen molar-refractivity contribution >= 4 is 21.5 Å². The molecule has 3 aromatic rings. The molecule has 0 aliphatic carbocycles. The molecule has 0 fully saturated rings. The summed E-state index contributed by atoms with van der Waals surface area (Å²) in [5.41, 5.74) is 1.36. The second-order valence-corrected chi connectivity index (χ2v) is 6.72. The number of benzene rings is 2.